The number of aliphatic hydroxyl groups excluding tert-OH is 2. The molecule has 0 aliphatic carbocycles. The maximum absolute atomic E-state index is 13.4. The molecule has 50 heavy (non-hydrogen) atoms. The minimum atomic E-state index is -2.50. The van der Waals surface area contributed by atoms with E-state index in [2.05, 4.69) is 4.98 Å². The van der Waals surface area contributed by atoms with Gasteiger partial charge in [0, 0.05) is 17.6 Å². The van der Waals surface area contributed by atoms with Gasteiger partial charge in [0.2, 0.25) is 12.4 Å². The average molecular weight is 693 g/mol. The molecule has 6 unspecified atom stereocenters. The molecule has 6 rings (SSSR count). The number of nitrogens with zero attached hydrogens (tertiary/aromatic N) is 1. The predicted molar refractivity (Wildman–Crippen MR) is 175 cm³/mol. The zero-order valence-corrected chi connectivity index (χ0v) is 27.0. The first-order valence-electron chi connectivity index (χ1n) is 15.8. The number of aromatic nitrogens is 2. The van der Waals surface area contributed by atoms with Crippen LogP contribution in [-0.4, -0.2) is 90.1 Å². The molecule has 0 spiro atoms. The number of aliphatic hydroxyl groups is 3. The molecule has 4 heterocycles. The van der Waals surface area contributed by atoms with E-state index < -0.39 is 61.3 Å². The first-order valence-corrected chi connectivity index (χ1v) is 15.8. The van der Waals surface area contributed by atoms with Gasteiger partial charge in [-0.1, -0.05) is 26.0 Å². The molecular weight excluding hydrogens is 656 g/mol. The van der Waals surface area contributed by atoms with Crippen molar-refractivity contribution in [3.8, 4) is 22.6 Å². The Balaban J connectivity index is 1.37. The lowest BCUT2D eigenvalue weighted by molar-refractivity contribution is -0.341. The second kappa shape index (κ2) is 13.9. The highest BCUT2D eigenvalue weighted by Crippen LogP contribution is 2.38. The van der Waals surface area contributed by atoms with Crippen LogP contribution >= 0.6 is 0 Å². The zero-order valence-electron chi connectivity index (χ0n) is 27.0. The highest BCUT2D eigenvalue weighted by Gasteiger charge is 2.62. The minimum Gasteiger partial charge on any atom is -0.508 e. The Labute approximate surface area is 283 Å². The Bertz CT molecular complexity index is 2020. The third-order valence-corrected chi connectivity index (χ3v) is 8.52. The molecule has 2 aromatic carbocycles. The smallest absolute Gasteiger partial charge is 0.317 e. The Hall–Kier alpha value is -5.35. The molecule has 5 aromatic rings. The van der Waals surface area contributed by atoms with Crippen molar-refractivity contribution in [1.82, 2.24) is 9.71 Å². The average Bonchev–Trinajstić information content (AvgIpc) is 3.66. The first-order chi connectivity index (χ1) is 23.8. The lowest BCUT2D eigenvalue weighted by Crippen LogP contribution is -2.74. The van der Waals surface area contributed by atoms with Crippen LogP contribution in [-0.2, 0) is 19.1 Å². The van der Waals surface area contributed by atoms with Crippen molar-refractivity contribution in [3.63, 3.8) is 0 Å². The van der Waals surface area contributed by atoms with Gasteiger partial charge in [-0.3, -0.25) is 14.4 Å². The number of carbonyl (C=O) groups excluding carboxylic acids is 1. The number of ether oxygens (including phenoxy) is 3. The van der Waals surface area contributed by atoms with E-state index >= 15 is 0 Å². The number of aromatic amines is 1. The van der Waals surface area contributed by atoms with Crippen molar-refractivity contribution in [3.05, 3.63) is 83.6 Å². The Morgan fingerprint density at radius 2 is 1.86 bits per heavy atom. The fourth-order valence-electron chi connectivity index (χ4n) is 6.00. The molecule has 0 saturated carbocycles. The van der Waals surface area contributed by atoms with Gasteiger partial charge < -0.3 is 54.0 Å². The predicted octanol–water partition coefficient (Wildman–Crippen LogP) is 2.57. The molecule has 264 valence electrons. The van der Waals surface area contributed by atoms with Crippen molar-refractivity contribution < 1.29 is 58.6 Å². The molecule has 1 aliphatic rings. The van der Waals surface area contributed by atoms with Crippen LogP contribution in [0.2, 0.25) is 0 Å². The summed E-state index contributed by atoms with van der Waals surface area (Å²) in [6.45, 7) is 2.91. The molecule has 0 bridgehead atoms. The standard InChI is InChI=1S/C35H36N2O13/c1-18(2)11-28(39)35(45)32(44)27(17-47-30(42)13-29(40)41)49-34(33(35)50-37-14-20-9-10-36-25(20)15-37)48-22-7-8-23-26(12-22)46-16-24(31(23)43)19-3-5-21(38)6-4-19/h3-10,12,14-16,18,27-28,32-34,36,38-39,44-45H,11,13,17H2,1-2H3,(H,40,41). The maximum atomic E-state index is 13.4. The lowest BCUT2D eigenvalue weighted by atomic mass is 9.77. The third kappa shape index (κ3) is 6.89. The van der Waals surface area contributed by atoms with E-state index in [-0.39, 0.29) is 45.8 Å². The van der Waals surface area contributed by atoms with Gasteiger partial charge >= 0.3 is 11.9 Å². The van der Waals surface area contributed by atoms with Crippen LogP contribution in [0, 0.1) is 5.92 Å². The number of nitrogens with one attached hydrogen (secondary N) is 1. The van der Waals surface area contributed by atoms with Crippen LogP contribution in [0.4, 0.5) is 0 Å². The van der Waals surface area contributed by atoms with E-state index in [9.17, 15) is 34.8 Å². The Morgan fingerprint density at radius 3 is 2.56 bits per heavy atom. The number of hydrogen-bond donors (Lipinski definition) is 6. The van der Waals surface area contributed by atoms with Crippen LogP contribution in [0.3, 0.4) is 0 Å². The number of aliphatic carboxylic acids is 1. The summed E-state index contributed by atoms with van der Waals surface area (Å²) in [7, 11) is 0. The number of esters is 1. The number of carbonyl (C=O) groups is 2. The van der Waals surface area contributed by atoms with Crippen LogP contribution in [0.25, 0.3) is 33.0 Å². The number of benzene rings is 2. The third-order valence-electron chi connectivity index (χ3n) is 8.52. The van der Waals surface area contributed by atoms with Gasteiger partial charge in [-0.25, -0.2) is 0 Å². The summed E-state index contributed by atoms with van der Waals surface area (Å²) in [5.74, 6) is -2.58. The molecular formula is C35H36N2O13. The van der Waals surface area contributed by atoms with Crippen molar-refractivity contribution >= 4 is 33.8 Å². The fraction of sp³-hybridized carbons (Fsp3) is 0.343. The summed E-state index contributed by atoms with van der Waals surface area (Å²) >= 11 is 0. The molecule has 0 amide bonds. The van der Waals surface area contributed by atoms with Gasteiger partial charge in [-0.2, -0.15) is 4.73 Å². The minimum absolute atomic E-state index is 0.00261. The number of hydrogen-bond acceptors (Lipinski definition) is 12. The van der Waals surface area contributed by atoms with Gasteiger partial charge in [-0.15, -0.1) is 0 Å². The lowest BCUT2D eigenvalue weighted by Gasteiger charge is -2.50. The van der Waals surface area contributed by atoms with E-state index in [1.54, 1.807) is 50.6 Å². The summed E-state index contributed by atoms with van der Waals surface area (Å²) in [4.78, 5) is 45.7. The molecule has 15 heteroatoms. The van der Waals surface area contributed by atoms with Crippen molar-refractivity contribution in [2.75, 3.05) is 6.61 Å². The number of carboxylic acid groups (broad SMARTS) is 1. The summed E-state index contributed by atoms with van der Waals surface area (Å²) in [5.41, 5.74) is -1.24. The van der Waals surface area contributed by atoms with Crippen molar-refractivity contribution in [2.24, 2.45) is 5.92 Å². The first kappa shape index (κ1) is 34.5. The summed E-state index contributed by atoms with van der Waals surface area (Å²) in [5, 5.41) is 54.9. The van der Waals surface area contributed by atoms with Crippen LogP contribution in [0.1, 0.15) is 26.7 Å². The molecule has 15 nitrogen and oxygen atoms in total. The van der Waals surface area contributed by atoms with E-state index in [4.69, 9.17) is 28.6 Å². The number of phenols is 1. The normalized spacial score (nSPS) is 22.8. The van der Waals surface area contributed by atoms with E-state index in [0.717, 1.165) is 5.39 Å². The number of rotatable bonds is 12. The zero-order chi connectivity index (χ0) is 35.7. The van der Waals surface area contributed by atoms with Crippen molar-refractivity contribution in [1.29, 1.82) is 0 Å². The number of fused-ring (bicyclic) bond motifs is 2. The molecule has 3 aromatic heterocycles. The van der Waals surface area contributed by atoms with E-state index in [0.29, 0.717) is 11.1 Å². The van der Waals surface area contributed by atoms with Gasteiger partial charge in [0.15, 0.2) is 11.0 Å². The second-order valence-corrected chi connectivity index (χ2v) is 12.6. The fourth-order valence-corrected chi connectivity index (χ4v) is 6.00. The molecule has 1 aliphatic heterocycles. The quantitative estimate of drug-likeness (QED) is 0.0818. The van der Waals surface area contributed by atoms with E-state index in [1.165, 1.54) is 41.3 Å². The van der Waals surface area contributed by atoms with Crippen molar-refractivity contribution in [2.45, 2.75) is 63.0 Å². The number of carboxylic acids is 1. The van der Waals surface area contributed by atoms with Gasteiger partial charge in [0.05, 0.1) is 35.0 Å². The molecule has 6 N–H and O–H groups in total. The van der Waals surface area contributed by atoms with Gasteiger partial charge in [0.25, 0.3) is 0 Å². The van der Waals surface area contributed by atoms with Gasteiger partial charge in [-0.05, 0) is 48.2 Å². The largest absolute Gasteiger partial charge is 0.508 e. The number of phenolic OH excluding ortho intramolecular Hbond substituents is 1. The van der Waals surface area contributed by atoms with Crippen LogP contribution in [0.15, 0.2) is 82.6 Å². The van der Waals surface area contributed by atoms with Gasteiger partial charge in [0.1, 0.15) is 48.6 Å². The van der Waals surface area contributed by atoms with E-state index in [1.807, 2.05) is 0 Å². The molecule has 1 saturated heterocycles. The topological polar surface area (TPSA) is 223 Å². The highest BCUT2D eigenvalue weighted by atomic mass is 16.8. The maximum Gasteiger partial charge on any atom is 0.317 e. The highest BCUT2D eigenvalue weighted by molar-refractivity contribution is 5.90. The molecule has 6 atom stereocenters. The molecule has 1 fully saturated rings. The number of H-pyrrole nitrogens is 1. The molecule has 0 radical (unpaired) electrons. The SMILES string of the molecule is CC(C)CC(O)C1(O)C(O)C(COC(=O)CC(=O)O)OC(Oc2ccc3c(=O)c(-c4ccc(O)cc4)coc3c2)C1On1cc2cc[nH]c2c1. The summed E-state index contributed by atoms with van der Waals surface area (Å²) in [6, 6.07) is 12.2. The van der Waals surface area contributed by atoms with Crippen LogP contribution < -0.4 is 15.0 Å². The Morgan fingerprint density at radius 1 is 1.10 bits per heavy atom. The summed E-state index contributed by atoms with van der Waals surface area (Å²) in [6.07, 6.45) is -3.08. The monoisotopic (exact) mass is 692 g/mol. The summed E-state index contributed by atoms with van der Waals surface area (Å²) < 4.78 is 24.4. The van der Waals surface area contributed by atoms with Crippen LogP contribution in [0.5, 0.6) is 11.5 Å². The Kier molecular flexibility index (Phi) is 9.58. The number of aromatic hydroxyl groups is 1. The second-order valence-electron chi connectivity index (χ2n) is 12.6.